The van der Waals surface area contributed by atoms with Crippen molar-refractivity contribution < 1.29 is 8.42 Å². The van der Waals surface area contributed by atoms with Gasteiger partial charge in [0.1, 0.15) is 4.21 Å². The van der Waals surface area contributed by atoms with Crippen molar-refractivity contribution in [3.05, 3.63) is 17.0 Å². The predicted molar refractivity (Wildman–Crippen MR) is 80.5 cm³/mol. The molecule has 2 rings (SSSR count). The van der Waals surface area contributed by atoms with Gasteiger partial charge in [-0.1, -0.05) is 6.92 Å². The van der Waals surface area contributed by atoms with Crippen LogP contribution in [0.2, 0.25) is 0 Å². The summed E-state index contributed by atoms with van der Waals surface area (Å²) >= 11 is 7.48. The molecule has 0 amide bonds. The molecule has 19 heavy (non-hydrogen) atoms. The van der Waals surface area contributed by atoms with Gasteiger partial charge in [-0.3, -0.25) is 0 Å². The minimum Gasteiger partial charge on any atom is -0.206 e. The maximum atomic E-state index is 12.5. The van der Waals surface area contributed by atoms with E-state index in [1.54, 1.807) is 10.4 Å². The molecule has 1 atom stereocenters. The van der Waals surface area contributed by atoms with E-state index in [0.717, 1.165) is 24.1 Å². The molecule has 1 saturated heterocycles. The average molecular weight is 322 g/mol. The number of hydrogen-bond donors (Lipinski definition) is 0. The van der Waals surface area contributed by atoms with Gasteiger partial charge in [0.15, 0.2) is 0 Å². The monoisotopic (exact) mass is 321 g/mol. The van der Waals surface area contributed by atoms with Crippen molar-refractivity contribution in [2.24, 2.45) is 5.92 Å². The van der Waals surface area contributed by atoms with Gasteiger partial charge in [-0.2, -0.15) is 4.31 Å². The van der Waals surface area contributed by atoms with E-state index in [1.165, 1.54) is 11.3 Å². The molecule has 0 N–H and O–H groups in total. The summed E-state index contributed by atoms with van der Waals surface area (Å²) in [4.78, 5) is 1.11. The van der Waals surface area contributed by atoms with Crippen LogP contribution in [0, 0.1) is 5.92 Å². The molecule has 2 heterocycles. The summed E-state index contributed by atoms with van der Waals surface area (Å²) in [6.07, 6.45) is 2.60. The first kappa shape index (κ1) is 15.3. The molecule has 0 aliphatic carbocycles. The second-order valence-corrected chi connectivity index (χ2v) is 9.01. The van der Waals surface area contributed by atoms with E-state index in [4.69, 9.17) is 11.6 Å². The van der Waals surface area contributed by atoms with Gasteiger partial charge in [-0.05, 0) is 44.2 Å². The number of nitrogens with zero attached hydrogens (tertiary/aromatic N) is 1. The zero-order valence-electron chi connectivity index (χ0n) is 11.3. The highest BCUT2D eigenvalue weighted by atomic mass is 35.5. The first-order valence-corrected chi connectivity index (χ1v) is 9.37. The van der Waals surface area contributed by atoms with Crippen molar-refractivity contribution in [1.29, 1.82) is 0 Å². The van der Waals surface area contributed by atoms with Crippen molar-refractivity contribution >= 4 is 33.0 Å². The fourth-order valence-corrected chi connectivity index (χ4v) is 5.56. The predicted octanol–water partition coefficient (Wildman–Crippen LogP) is 3.34. The molecule has 1 unspecified atom stereocenters. The molecule has 1 aromatic heterocycles. The Bertz CT molecular complexity index is 517. The topological polar surface area (TPSA) is 37.4 Å². The highest BCUT2D eigenvalue weighted by Crippen LogP contribution is 2.30. The first-order chi connectivity index (χ1) is 8.95. The maximum absolute atomic E-state index is 12.5. The minimum absolute atomic E-state index is 0.123. The van der Waals surface area contributed by atoms with Crippen molar-refractivity contribution in [3.8, 4) is 0 Å². The summed E-state index contributed by atoms with van der Waals surface area (Å²) < 4.78 is 27.1. The van der Waals surface area contributed by atoms with E-state index in [1.807, 2.05) is 19.9 Å². The third-order valence-corrected chi connectivity index (χ3v) is 7.68. The van der Waals surface area contributed by atoms with Crippen molar-refractivity contribution in [2.45, 2.75) is 42.7 Å². The Morgan fingerprint density at radius 2 is 2.05 bits per heavy atom. The van der Waals surface area contributed by atoms with E-state index >= 15 is 0 Å². The van der Waals surface area contributed by atoms with Crippen LogP contribution in [0.5, 0.6) is 0 Å². The van der Waals surface area contributed by atoms with Gasteiger partial charge in [0.2, 0.25) is 0 Å². The van der Waals surface area contributed by atoms with E-state index in [-0.39, 0.29) is 5.38 Å². The highest BCUT2D eigenvalue weighted by molar-refractivity contribution is 7.91. The van der Waals surface area contributed by atoms with E-state index < -0.39 is 10.0 Å². The van der Waals surface area contributed by atoms with Gasteiger partial charge in [0, 0.05) is 23.3 Å². The quantitative estimate of drug-likeness (QED) is 0.798. The fraction of sp³-hybridized carbons (Fsp3) is 0.692. The molecule has 0 spiro atoms. The highest BCUT2D eigenvalue weighted by Gasteiger charge is 2.31. The number of hydrogen-bond acceptors (Lipinski definition) is 3. The summed E-state index contributed by atoms with van der Waals surface area (Å²) in [5, 5.41) is 0.123. The molecule has 0 aromatic carbocycles. The second-order valence-electron chi connectivity index (χ2n) is 4.99. The number of rotatable bonds is 4. The first-order valence-electron chi connectivity index (χ1n) is 6.68. The molecule has 1 aromatic rings. The van der Waals surface area contributed by atoms with E-state index in [9.17, 15) is 8.42 Å². The minimum atomic E-state index is -3.29. The number of halogens is 1. The molecule has 0 radical (unpaired) electrons. The van der Waals surface area contributed by atoms with Crippen LogP contribution in [0.4, 0.5) is 0 Å². The van der Waals surface area contributed by atoms with Crippen LogP contribution in [0.25, 0.3) is 0 Å². The SMILES string of the molecule is CCc1ccc(S(=O)(=O)N2CCC(C(C)Cl)CC2)s1. The molecule has 3 nitrogen and oxygen atoms in total. The Hall–Kier alpha value is -0.100. The Kier molecular flexibility index (Phi) is 4.93. The lowest BCUT2D eigenvalue weighted by atomic mass is 9.95. The van der Waals surface area contributed by atoms with Crippen LogP contribution in [0.15, 0.2) is 16.3 Å². The Balaban J connectivity index is 2.09. The molecular formula is C13H20ClNO2S2. The molecule has 0 bridgehead atoms. The van der Waals surface area contributed by atoms with Gasteiger partial charge in [-0.15, -0.1) is 22.9 Å². The number of aryl methyl sites for hydroxylation is 1. The van der Waals surface area contributed by atoms with Crippen LogP contribution in [-0.4, -0.2) is 31.2 Å². The Labute approximate surface area is 124 Å². The average Bonchev–Trinajstić information content (AvgIpc) is 2.88. The fourth-order valence-electron chi connectivity index (χ4n) is 2.39. The Morgan fingerprint density at radius 1 is 1.42 bits per heavy atom. The molecule has 0 saturated carbocycles. The lowest BCUT2D eigenvalue weighted by molar-refractivity contribution is 0.272. The summed E-state index contributed by atoms with van der Waals surface area (Å²) in [5.41, 5.74) is 0. The zero-order valence-corrected chi connectivity index (χ0v) is 13.7. The molecular weight excluding hydrogens is 302 g/mol. The normalized spacial score (nSPS) is 20.6. The van der Waals surface area contributed by atoms with Gasteiger partial charge in [0.05, 0.1) is 0 Å². The lowest BCUT2D eigenvalue weighted by Gasteiger charge is -2.31. The standard InChI is InChI=1S/C13H20ClNO2S2/c1-3-12-4-5-13(18-12)19(16,17)15-8-6-11(7-9-15)10(2)14/h4-5,10-11H,3,6-9H2,1-2H3. The zero-order chi connectivity index (χ0) is 14.0. The number of sulfonamides is 1. The van der Waals surface area contributed by atoms with Crippen LogP contribution >= 0.6 is 22.9 Å². The van der Waals surface area contributed by atoms with Gasteiger partial charge in [-0.25, -0.2) is 8.42 Å². The third kappa shape index (κ3) is 3.32. The van der Waals surface area contributed by atoms with Crippen molar-refractivity contribution in [1.82, 2.24) is 4.31 Å². The molecule has 1 fully saturated rings. The summed E-state index contributed by atoms with van der Waals surface area (Å²) in [7, 11) is -3.29. The van der Waals surface area contributed by atoms with Gasteiger partial charge in [0.25, 0.3) is 10.0 Å². The van der Waals surface area contributed by atoms with Gasteiger partial charge >= 0.3 is 0 Å². The number of alkyl halides is 1. The van der Waals surface area contributed by atoms with Crippen LogP contribution in [-0.2, 0) is 16.4 Å². The smallest absolute Gasteiger partial charge is 0.206 e. The van der Waals surface area contributed by atoms with Crippen molar-refractivity contribution in [3.63, 3.8) is 0 Å². The second kappa shape index (κ2) is 6.12. The maximum Gasteiger partial charge on any atom is 0.252 e. The number of piperidine rings is 1. The van der Waals surface area contributed by atoms with Crippen LogP contribution < -0.4 is 0 Å². The molecule has 1 aliphatic rings. The third-order valence-electron chi connectivity index (χ3n) is 3.73. The largest absolute Gasteiger partial charge is 0.252 e. The summed E-state index contributed by atoms with van der Waals surface area (Å²) in [6, 6.07) is 3.64. The summed E-state index contributed by atoms with van der Waals surface area (Å²) in [5.74, 6) is 0.433. The molecule has 1 aliphatic heterocycles. The van der Waals surface area contributed by atoms with E-state index in [0.29, 0.717) is 23.2 Å². The lowest BCUT2D eigenvalue weighted by Crippen LogP contribution is -2.39. The van der Waals surface area contributed by atoms with Gasteiger partial charge < -0.3 is 0 Å². The van der Waals surface area contributed by atoms with Crippen LogP contribution in [0.1, 0.15) is 31.6 Å². The van der Waals surface area contributed by atoms with Crippen LogP contribution in [0.3, 0.4) is 0 Å². The van der Waals surface area contributed by atoms with Crippen molar-refractivity contribution in [2.75, 3.05) is 13.1 Å². The summed E-state index contributed by atoms with van der Waals surface area (Å²) in [6.45, 7) is 5.20. The molecule has 6 heteroatoms. The number of thiophene rings is 1. The molecule has 108 valence electrons. The van der Waals surface area contributed by atoms with E-state index in [2.05, 4.69) is 0 Å². The Morgan fingerprint density at radius 3 is 2.53 bits per heavy atom.